The Morgan fingerprint density at radius 2 is 2.12 bits per heavy atom. The summed E-state index contributed by atoms with van der Waals surface area (Å²) in [6.45, 7) is 4.65. The highest BCUT2D eigenvalue weighted by atomic mass is 16.5. The van der Waals surface area contributed by atoms with Crippen LogP contribution in [0, 0.1) is 0 Å². The van der Waals surface area contributed by atoms with E-state index in [-0.39, 0.29) is 5.75 Å². The van der Waals surface area contributed by atoms with Crippen LogP contribution in [0.4, 0.5) is 0 Å². The molecule has 0 radical (unpaired) electrons. The van der Waals surface area contributed by atoms with Gasteiger partial charge in [-0.15, -0.1) is 0 Å². The van der Waals surface area contributed by atoms with Gasteiger partial charge in [0.2, 0.25) is 0 Å². The van der Waals surface area contributed by atoms with Gasteiger partial charge in [0.15, 0.2) is 11.5 Å². The van der Waals surface area contributed by atoms with Crippen molar-refractivity contribution in [3.8, 4) is 11.5 Å². The molecular weight excluding hydrogens is 202 g/mol. The minimum Gasteiger partial charge on any atom is -0.504 e. The van der Waals surface area contributed by atoms with Crippen molar-refractivity contribution in [3.63, 3.8) is 0 Å². The van der Waals surface area contributed by atoms with Crippen LogP contribution in [0.25, 0.3) is 6.08 Å². The van der Waals surface area contributed by atoms with Gasteiger partial charge < -0.3 is 15.6 Å². The molecule has 0 spiro atoms. The van der Waals surface area contributed by atoms with Gasteiger partial charge in [-0.25, -0.2) is 0 Å². The second kappa shape index (κ2) is 5.56. The Morgan fingerprint density at radius 1 is 1.44 bits per heavy atom. The maximum absolute atomic E-state index is 9.90. The highest BCUT2D eigenvalue weighted by Crippen LogP contribution is 2.34. The van der Waals surface area contributed by atoms with E-state index in [9.17, 15) is 5.11 Å². The van der Waals surface area contributed by atoms with Crippen LogP contribution >= 0.6 is 0 Å². The molecule has 0 aromatic heterocycles. The predicted molar refractivity (Wildman–Crippen MR) is 66.8 cm³/mol. The van der Waals surface area contributed by atoms with Crippen LogP contribution in [-0.4, -0.2) is 18.8 Å². The van der Waals surface area contributed by atoms with Crippen molar-refractivity contribution in [1.82, 2.24) is 0 Å². The van der Waals surface area contributed by atoms with Crippen molar-refractivity contribution < 1.29 is 9.84 Å². The van der Waals surface area contributed by atoms with E-state index >= 15 is 0 Å². The largest absolute Gasteiger partial charge is 0.504 e. The van der Waals surface area contributed by atoms with E-state index in [2.05, 4.69) is 13.8 Å². The van der Waals surface area contributed by atoms with Crippen molar-refractivity contribution in [2.45, 2.75) is 19.8 Å². The van der Waals surface area contributed by atoms with Crippen LogP contribution in [0.3, 0.4) is 0 Å². The molecule has 0 bridgehead atoms. The summed E-state index contributed by atoms with van der Waals surface area (Å²) >= 11 is 0. The summed E-state index contributed by atoms with van der Waals surface area (Å²) in [5, 5.41) is 9.90. The molecule has 16 heavy (non-hydrogen) atoms. The molecule has 0 unspecified atom stereocenters. The average molecular weight is 221 g/mol. The molecule has 0 aliphatic heterocycles. The van der Waals surface area contributed by atoms with Crippen molar-refractivity contribution >= 4 is 6.08 Å². The van der Waals surface area contributed by atoms with Gasteiger partial charge in [0, 0.05) is 12.1 Å². The van der Waals surface area contributed by atoms with Crippen molar-refractivity contribution in [1.29, 1.82) is 0 Å². The molecule has 3 heteroatoms. The first kappa shape index (κ1) is 12.6. The predicted octanol–water partition coefficient (Wildman–Crippen LogP) is 2.50. The van der Waals surface area contributed by atoms with Crippen molar-refractivity contribution in [3.05, 3.63) is 29.3 Å². The lowest BCUT2D eigenvalue weighted by atomic mass is 9.99. The number of aromatic hydroxyl groups is 1. The molecule has 0 atom stereocenters. The lowest BCUT2D eigenvalue weighted by Gasteiger charge is -2.12. The first-order valence-electron chi connectivity index (χ1n) is 5.37. The van der Waals surface area contributed by atoms with Crippen LogP contribution in [0.15, 0.2) is 18.2 Å². The van der Waals surface area contributed by atoms with E-state index < -0.39 is 0 Å². The van der Waals surface area contributed by atoms with Gasteiger partial charge in [-0.05, 0) is 23.6 Å². The zero-order valence-corrected chi connectivity index (χ0v) is 10.0. The quantitative estimate of drug-likeness (QED) is 0.821. The molecule has 0 amide bonds. The van der Waals surface area contributed by atoms with E-state index in [1.54, 1.807) is 13.2 Å². The summed E-state index contributed by atoms with van der Waals surface area (Å²) in [6.07, 6.45) is 3.61. The molecule has 0 aliphatic rings. The second-order valence-corrected chi connectivity index (χ2v) is 3.95. The molecule has 88 valence electrons. The average Bonchev–Trinajstić information content (AvgIpc) is 2.27. The number of methoxy groups -OCH3 is 1. The summed E-state index contributed by atoms with van der Waals surface area (Å²) in [5.41, 5.74) is 7.27. The molecule has 0 heterocycles. The SMILES string of the molecule is COc1cc(C(C)C)cc(/C=C/CN)c1O. The van der Waals surface area contributed by atoms with Gasteiger partial charge in [-0.2, -0.15) is 0 Å². The number of hydrogen-bond acceptors (Lipinski definition) is 3. The summed E-state index contributed by atoms with van der Waals surface area (Å²) < 4.78 is 5.14. The fourth-order valence-electron chi connectivity index (χ4n) is 1.46. The molecule has 0 saturated heterocycles. The summed E-state index contributed by atoms with van der Waals surface area (Å²) in [6, 6.07) is 3.81. The van der Waals surface area contributed by atoms with Gasteiger partial charge in [0.25, 0.3) is 0 Å². The third kappa shape index (κ3) is 2.76. The third-order valence-corrected chi connectivity index (χ3v) is 2.45. The third-order valence-electron chi connectivity index (χ3n) is 2.45. The standard InChI is InChI=1S/C13H19NO2/c1-9(2)11-7-10(5-4-6-14)13(15)12(8-11)16-3/h4-5,7-9,15H,6,14H2,1-3H3/b5-4+. The maximum atomic E-state index is 9.90. The molecule has 1 aromatic carbocycles. The van der Waals surface area contributed by atoms with Crippen LogP contribution in [0.2, 0.25) is 0 Å². The first-order chi connectivity index (χ1) is 7.60. The summed E-state index contributed by atoms with van der Waals surface area (Å²) in [4.78, 5) is 0. The number of phenolic OH excluding ortho intramolecular Hbond substituents is 1. The molecule has 0 fully saturated rings. The Balaban J connectivity index is 3.24. The van der Waals surface area contributed by atoms with Crippen molar-refractivity contribution in [2.75, 3.05) is 13.7 Å². The molecular formula is C13H19NO2. The van der Waals surface area contributed by atoms with Crippen LogP contribution < -0.4 is 10.5 Å². The Morgan fingerprint density at radius 3 is 2.62 bits per heavy atom. The van der Waals surface area contributed by atoms with Gasteiger partial charge in [-0.3, -0.25) is 0 Å². The fourth-order valence-corrected chi connectivity index (χ4v) is 1.46. The zero-order chi connectivity index (χ0) is 12.1. The van der Waals surface area contributed by atoms with E-state index in [0.29, 0.717) is 18.2 Å². The summed E-state index contributed by atoms with van der Waals surface area (Å²) in [5.74, 6) is 1.05. The monoisotopic (exact) mass is 221 g/mol. The Labute approximate surface area is 96.5 Å². The minimum atomic E-state index is 0.164. The number of ether oxygens (including phenoxy) is 1. The first-order valence-corrected chi connectivity index (χ1v) is 5.37. The highest BCUT2D eigenvalue weighted by Gasteiger charge is 2.10. The van der Waals surface area contributed by atoms with Crippen LogP contribution in [0.5, 0.6) is 11.5 Å². The van der Waals surface area contributed by atoms with Crippen molar-refractivity contribution in [2.24, 2.45) is 5.73 Å². The minimum absolute atomic E-state index is 0.164. The number of benzene rings is 1. The topological polar surface area (TPSA) is 55.5 Å². The second-order valence-electron chi connectivity index (χ2n) is 3.95. The van der Waals surface area contributed by atoms with Gasteiger partial charge >= 0.3 is 0 Å². The number of hydrogen-bond donors (Lipinski definition) is 2. The molecule has 1 aromatic rings. The number of nitrogens with two attached hydrogens (primary N) is 1. The van der Waals surface area contributed by atoms with Gasteiger partial charge in [0.05, 0.1) is 7.11 Å². The van der Waals surface area contributed by atoms with Gasteiger partial charge in [0.1, 0.15) is 0 Å². The van der Waals surface area contributed by atoms with Crippen LogP contribution in [-0.2, 0) is 0 Å². The summed E-state index contributed by atoms with van der Waals surface area (Å²) in [7, 11) is 1.55. The normalized spacial score (nSPS) is 11.3. The Bertz CT molecular complexity index is 384. The van der Waals surface area contributed by atoms with E-state index in [1.165, 1.54) is 0 Å². The van der Waals surface area contributed by atoms with Gasteiger partial charge in [-0.1, -0.05) is 26.0 Å². The molecule has 1 rings (SSSR count). The van der Waals surface area contributed by atoms with Crippen LogP contribution in [0.1, 0.15) is 30.9 Å². The Hall–Kier alpha value is -1.48. The zero-order valence-electron chi connectivity index (χ0n) is 10.0. The fraction of sp³-hybridized carbons (Fsp3) is 0.385. The molecule has 0 aliphatic carbocycles. The highest BCUT2D eigenvalue weighted by molar-refractivity contribution is 5.63. The lowest BCUT2D eigenvalue weighted by molar-refractivity contribution is 0.372. The maximum Gasteiger partial charge on any atom is 0.165 e. The molecule has 3 nitrogen and oxygen atoms in total. The van der Waals surface area contributed by atoms with E-state index in [0.717, 1.165) is 11.1 Å². The smallest absolute Gasteiger partial charge is 0.165 e. The number of phenols is 1. The Kier molecular flexibility index (Phi) is 4.38. The molecule has 3 N–H and O–H groups in total. The molecule has 0 saturated carbocycles. The number of rotatable bonds is 4. The van der Waals surface area contributed by atoms with E-state index in [1.807, 2.05) is 18.2 Å². The van der Waals surface area contributed by atoms with E-state index in [4.69, 9.17) is 10.5 Å². The lowest BCUT2D eigenvalue weighted by Crippen LogP contribution is -1.94.